The van der Waals surface area contributed by atoms with Gasteiger partial charge in [0.05, 0.1) is 6.54 Å². The van der Waals surface area contributed by atoms with Crippen LogP contribution < -0.4 is 15.8 Å². The van der Waals surface area contributed by atoms with Crippen LogP contribution in [0.15, 0.2) is 12.1 Å². The third-order valence-electron chi connectivity index (χ3n) is 3.28. The molecule has 0 saturated heterocycles. The molecule has 0 aromatic heterocycles. The van der Waals surface area contributed by atoms with E-state index in [-0.39, 0.29) is 25.1 Å². The lowest BCUT2D eigenvalue weighted by molar-refractivity contribution is -0.122. The predicted octanol–water partition coefficient (Wildman–Crippen LogP) is 1.71. The highest BCUT2D eigenvalue weighted by Crippen LogP contribution is 2.25. The number of hydrogen-bond acceptors (Lipinski definition) is 3. The third kappa shape index (κ3) is 5.49. The number of ether oxygens (including phenoxy) is 1. The highest BCUT2D eigenvalue weighted by molar-refractivity contribution is 5.77. The van der Waals surface area contributed by atoms with Gasteiger partial charge >= 0.3 is 0 Å². The van der Waals surface area contributed by atoms with Crippen LogP contribution in [0.5, 0.6) is 5.75 Å². The minimum atomic E-state index is -0.219. The quantitative estimate of drug-likeness (QED) is 0.751. The fourth-order valence-corrected chi connectivity index (χ4v) is 2.17. The van der Waals surface area contributed by atoms with E-state index in [1.165, 1.54) is 5.56 Å². The zero-order valence-corrected chi connectivity index (χ0v) is 13.0. The Morgan fingerprint density at radius 1 is 1.43 bits per heavy atom. The molecule has 1 aromatic carbocycles. The average molecular weight is 288 g/mol. The molecule has 4 nitrogen and oxygen atoms in total. The number of nitrogens with one attached hydrogen (secondary N) is 1. The second kappa shape index (κ2) is 8.33. The van der Waals surface area contributed by atoms with Crippen LogP contribution in [0.1, 0.15) is 30.0 Å². The van der Waals surface area contributed by atoms with Gasteiger partial charge in [0.15, 0.2) is 6.61 Å². The molecule has 0 aliphatic heterocycles. The van der Waals surface area contributed by atoms with E-state index in [2.05, 4.69) is 30.3 Å². The van der Waals surface area contributed by atoms with Crippen molar-refractivity contribution in [2.45, 2.75) is 39.7 Å². The van der Waals surface area contributed by atoms with Gasteiger partial charge in [-0.15, -0.1) is 6.42 Å². The number of benzene rings is 1. The van der Waals surface area contributed by atoms with Gasteiger partial charge in [-0.3, -0.25) is 4.79 Å². The highest BCUT2D eigenvalue weighted by atomic mass is 16.5. The summed E-state index contributed by atoms with van der Waals surface area (Å²) in [6, 6.07) is 4.30. The average Bonchev–Trinajstić information content (AvgIpc) is 2.43. The predicted molar refractivity (Wildman–Crippen MR) is 85.2 cm³/mol. The molecule has 4 heteroatoms. The van der Waals surface area contributed by atoms with E-state index in [1.807, 2.05) is 13.8 Å². The molecule has 0 aliphatic carbocycles. The lowest BCUT2D eigenvalue weighted by Crippen LogP contribution is -2.29. The van der Waals surface area contributed by atoms with Gasteiger partial charge in [-0.25, -0.2) is 0 Å². The fourth-order valence-electron chi connectivity index (χ4n) is 2.17. The second-order valence-electron chi connectivity index (χ2n) is 5.20. The van der Waals surface area contributed by atoms with Crippen molar-refractivity contribution in [1.29, 1.82) is 0 Å². The second-order valence-corrected chi connectivity index (χ2v) is 5.20. The Bertz CT molecular complexity index is 509. The smallest absolute Gasteiger partial charge is 0.258 e. The Hall–Kier alpha value is -1.99. The summed E-state index contributed by atoms with van der Waals surface area (Å²) in [5.41, 5.74) is 9.21. The van der Waals surface area contributed by atoms with Crippen LogP contribution in [-0.4, -0.2) is 25.1 Å². The van der Waals surface area contributed by atoms with Gasteiger partial charge in [0.25, 0.3) is 5.91 Å². The first-order chi connectivity index (χ1) is 9.97. The van der Waals surface area contributed by atoms with Crippen LogP contribution >= 0.6 is 0 Å². The standard InChI is InChI=1S/C17H24N2O2/c1-5-7-19-16(20)11-21-17-12(3)8-14(9-13(17)4)10-15(18)6-2/h1,8-9,15H,6-7,10-11,18H2,2-4H3,(H,19,20). The Kier molecular flexibility index (Phi) is 6.77. The van der Waals surface area contributed by atoms with Gasteiger partial charge in [0.1, 0.15) is 5.75 Å². The van der Waals surface area contributed by atoms with Crippen molar-refractivity contribution in [2.24, 2.45) is 5.73 Å². The van der Waals surface area contributed by atoms with E-state index in [0.717, 1.165) is 29.7 Å². The molecular formula is C17H24N2O2. The molecule has 0 saturated carbocycles. The molecule has 1 atom stereocenters. The number of hydrogen-bond donors (Lipinski definition) is 2. The van der Waals surface area contributed by atoms with E-state index < -0.39 is 0 Å². The minimum Gasteiger partial charge on any atom is -0.483 e. The first kappa shape index (κ1) is 17.1. The van der Waals surface area contributed by atoms with Crippen molar-refractivity contribution in [3.05, 3.63) is 28.8 Å². The molecule has 0 radical (unpaired) electrons. The van der Waals surface area contributed by atoms with Crippen molar-refractivity contribution >= 4 is 5.91 Å². The number of terminal acetylenes is 1. The summed E-state index contributed by atoms with van der Waals surface area (Å²) >= 11 is 0. The normalized spacial score (nSPS) is 11.6. The van der Waals surface area contributed by atoms with Crippen LogP contribution in [0.2, 0.25) is 0 Å². The number of carbonyl (C=O) groups is 1. The molecule has 0 bridgehead atoms. The van der Waals surface area contributed by atoms with E-state index in [0.29, 0.717) is 0 Å². The Morgan fingerprint density at radius 2 is 2.05 bits per heavy atom. The van der Waals surface area contributed by atoms with E-state index in [4.69, 9.17) is 16.9 Å². The number of carbonyl (C=O) groups excluding carboxylic acids is 1. The first-order valence-corrected chi connectivity index (χ1v) is 7.16. The Labute approximate surface area is 127 Å². The summed E-state index contributed by atoms with van der Waals surface area (Å²) in [4.78, 5) is 11.5. The van der Waals surface area contributed by atoms with Gasteiger partial charge < -0.3 is 15.8 Å². The van der Waals surface area contributed by atoms with Crippen molar-refractivity contribution in [2.75, 3.05) is 13.2 Å². The van der Waals surface area contributed by atoms with Crippen LogP contribution in [0, 0.1) is 26.2 Å². The molecule has 0 spiro atoms. The maximum atomic E-state index is 11.5. The van der Waals surface area contributed by atoms with E-state index in [9.17, 15) is 4.79 Å². The Morgan fingerprint density at radius 3 is 2.57 bits per heavy atom. The van der Waals surface area contributed by atoms with Gasteiger partial charge in [0, 0.05) is 6.04 Å². The SMILES string of the molecule is C#CCNC(=O)COc1c(C)cc(CC(N)CC)cc1C. The molecule has 1 unspecified atom stereocenters. The van der Waals surface area contributed by atoms with Crippen molar-refractivity contribution in [3.8, 4) is 18.1 Å². The van der Waals surface area contributed by atoms with Gasteiger partial charge in [-0.2, -0.15) is 0 Å². The molecule has 1 amide bonds. The van der Waals surface area contributed by atoms with Crippen molar-refractivity contribution in [1.82, 2.24) is 5.32 Å². The summed E-state index contributed by atoms with van der Waals surface area (Å²) in [6.07, 6.45) is 6.88. The van der Waals surface area contributed by atoms with Gasteiger partial charge in [0.2, 0.25) is 0 Å². The third-order valence-corrected chi connectivity index (χ3v) is 3.28. The van der Waals surface area contributed by atoms with Crippen LogP contribution in [-0.2, 0) is 11.2 Å². The molecular weight excluding hydrogens is 264 g/mol. The van der Waals surface area contributed by atoms with Crippen LogP contribution in [0.25, 0.3) is 0 Å². The molecule has 0 fully saturated rings. The summed E-state index contributed by atoms with van der Waals surface area (Å²) in [6.45, 7) is 6.22. The molecule has 1 aromatic rings. The van der Waals surface area contributed by atoms with Gasteiger partial charge in [-0.1, -0.05) is 25.0 Å². The van der Waals surface area contributed by atoms with Crippen molar-refractivity contribution in [3.63, 3.8) is 0 Å². The topological polar surface area (TPSA) is 64.3 Å². The lowest BCUT2D eigenvalue weighted by Gasteiger charge is -2.15. The van der Waals surface area contributed by atoms with E-state index in [1.54, 1.807) is 0 Å². The fraction of sp³-hybridized carbons (Fsp3) is 0.471. The number of rotatable bonds is 7. The number of nitrogens with two attached hydrogens (primary N) is 1. The highest BCUT2D eigenvalue weighted by Gasteiger charge is 2.10. The monoisotopic (exact) mass is 288 g/mol. The number of aryl methyl sites for hydroxylation is 2. The van der Waals surface area contributed by atoms with Crippen LogP contribution in [0.3, 0.4) is 0 Å². The lowest BCUT2D eigenvalue weighted by atomic mass is 9.99. The summed E-state index contributed by atoms with van der Waals surface area (Å²) in [5.74, 6) is 2.88. The molecule has 0 aliphatic rings. The summed E-state index contributed by atoms with van der Waals surface area (Å²) in [7, 11) is 0. The largest absolute Gasteiger partial charge is 0.483 e. The molecule has 114 valence electrons. The molecule has 3 N–H and O–H groups in total. The van der Waals surface area contributed by atoms with E-state index >= 15 is 0 Å². The first-order valence-electron chi connectivity index (χ1n) is 7.16. The zero-order chi connectivity index (χ0) is 15.8. The van der Waals surface area contributed by atoms with Crippen molar-refractivity contribution < 1.29 is 9.53 Å². The maximum Gasteiger partial charge on any atom is 0.258 e. The summed E-state index contributed by atoms with van der Waals surface area (Å²) in [5, 5.41) is 2.57. The van der Waals surface area contributed by atoms with Gasteiger partial charge in [-0.05, 0) is 43.4 Å². The number of amides is 1. The zero-order valence-electron chi connectivity index (χ0n) is 13.0. The Balaban J connectivity index is 2.72. The molecule has 0 heterocycles. The minimum absolute atomic E-state index is 0.0306. The van der Waals surface area contributed by atoms with Crippen LogP contribution in [0.4, 0.5) is 0 Å². The summed E-state index contributed by atoms with van der Waals surface area (Å²) < 4.78 is 5.60. The molecule has 1 rings (SSSR count). The maximum absolute atomic E-state index is 11.5. The molecule has 21 heavy (non-hydrogen) atoms.